The van der Waals surface area contributed by atoms with Gasteiger partial charge >= 0.3 is 11.6 Å². The molecule has 0 aliphatic carbocycles. The van der Waals surface area contributed by atoms with Crippen LogP contribution in [0.3, 0.4) is 0 Å². The zero-order chi connectivity index (χ0) is 20.5. The van der Waals surface area contributed by atoms with E-state index in [0.717, 1.165) is 21.3 Å². The second-order valence-electron chi connectivity index (χ2n) is 6.26. The number of nitrogens with one attached hydrogen (secondary N) is 1. The highest BCUT2D eigenvalue weighted by Crippen LogP contribution is 2.37. The van der Waals surface area contributed by atoms with Crippen molar-refractivity contribution >= 4 is 49.8 Å². The van der Waals surface area contributed by atoms with Gasteiger partial charge in [-0.05, 0) is 55.3 Å². The maximum Gasteiger partial charge on any atom is 0.373 e. The van der Waals surface area contributed by atoms with Gasteiger partial charge in [0.2, 0.25) is 5.82 Å². The molecule has 0 amide bonds. The minimum atomic E-state index is -0.585. The number of aromatic nitrogens is 3. The van der Waals surface area contributed by atoms with E-state index in [9.17, 15) is 10.1 Å². The number of hydrogen-bond donors (Lipinski definition) is 1. The number of benzene rings is 2. The number of nitrogens with zero attached hydrogens (tertiary/aromatic N) is 4. The third-order valence-corrected chi connectivity index (χ3v) is 5.44. The van der Waals surface area contributed by atoms with Crippen molar-refractivity contribution < 1.29 is 9.66 Å². The Balaban J connectivity index is 1.70. The van der Waals surface area contributed by atoms with Gasteiger partial charge in [0.25, 0.3) is 0 Å². The molecule has 2 aromatic carbocycles. The number of fused-ring (bicyclic) bond motifs is 1. The maximum atomic E-state index is 11.7. The molecule has 10 heteroatoms. The van der Waals surface area contributed by atoms with Crippen LogP contribution in [0.1, 0.15) is 11.1 Å². The number of aryl methyl sites for hydroxylation is 2. The SMILES string of the molecule is Cc1ccc2nc(Nc3ncnc(Oc4ccc(Cl)c(C)c4)c3[N+](=O)[O-])sc2c1. The largest absolute Gasteiger partial charge is 0.434 e. The van der Waals surface area contributed by atoms with Crippen LogP contribution in [0.25, 0.3) is 10.2 Å². The first-order valence-corrected chi connectivity index (χ1v) is 9.68. The molecule has 146 valence electrons. The van der Waals surface area contributed by atoms with Gasteiger partial charge in [-0.2, -0.15) is 4.98 Å². The zero-order valence-electron chi connectivity index (χ0n) is 15.3. The molecule has 0 fully saturated rings. The Kier molecular flexibility index (Phi) is 4.99. The van der Waals surface area contributed by atoms with Crippen molar-refractivity contribution in [2.45, 2.75) is 13.8 Å². The zero-order valence-corrected chi connectivity index (χ0v) is 16.9. The second kappa shape index (κ2) is 7.61. The number of hydrogen-bond acceptors (Lipinski definition) is 8. The van der Waals surface area contributed by atoms with Crippen molar-refractivity contribution in [1.29, 1.82) is 0 Å². The molecular weight excluding hydrogens is 414 g/mol. The van der Waals surface area contributed by atoms with E-state index in [1.165, 1.54) is 17.7 Å². The second-order valence-corrected chi connectivity index (χ2v) is 7.70. The summed E-state index contributed by atoms with van der Waals surface area (Å²) in [5.41, 5.74) is 2.31. The highest BCUT2D eigenvalue weighted by molar-refractivity contribution is 7.22. The molecule has 1 N–H and O–H groups in total. The van der Waals surface area contributed by atoms with Gasteiger partial charge in [0.1, 0.15) is 12.1 Å². The molecule has 2 aromatic heterocycles. The van der Waals surface area contributed by atoms with Crippen molar-refractivity contribution in [2.24, 2.45) is 0 Å². The van der Waals surface area contributed by atoms with Crippen molar-refractivity contribution in [3.05, 3.63) is 69.0 Å². The maximum absolute atomic E-state index is 11.7. The fraction of sp³-hybridized carbons (Fsp3) is 0.105. The van der Waals surface area contributed by atoms with E-state index in [1.54, 1.807) is 18.2 Å². The van der Waals surface area contributed by atoms with Crippen LogP contribution >= 0.6 is 22.9 Å². The van der Waals surface area contributed by atoms with E-state index in [4.69, 9.17) is 16.3 Å². The summed E-state index contributed by atoms with van der Waals surface area (Å²) in [6.45, 7) is 3.80. The highest BCUT2D eigenvalue weighted by Gasteiger charge is 2.26. The molecule has 0 spiro atoms. The van der Waals surface area contributed by atoms with Gasteiger partial charge in [0.05, 0.1) is 15.1 Å². The Labute approximate surface area is 174 Å². The van der Waals surface area contributed by atoms with Crippen molar-refractivity contribution in [3.63, 3.8) is 0 Å². The lowest BCUT2D eigenvalue weighted by Crippen LogP contribution is -2.03. The van der Waals surface area contributed by atoms with Crippen molar-refractivity contribution in [1.82, 2.24) is 15.0 Å². The molecule has 4 aromatic rings. The quantitative estimate of drug-likeness (QED) is 0.317. The summed E-state index contributed by atoms with van der Waals surface area (Å²) in [4.78, 5) is 23.6. The van der Waals surface area contributed by atoms with Crippen LogP contribution in [0.2, 0.25) is 5.02 Å². The first-order valence-electron chi connectivity index (χ1n) is 8.48. The lowest BCUT2D eigenvalue weighted by Gasteiger charge is -2.09. The van der Waals surface area contributed by atoms with E-state index >= 15 is 0 Å². The standard InChI is InChI=1S/C19H14ClN5O3S/c1-10-3-6-14-15(7-10)29-19(23-14)24-17-16(25(26)27)18(22-9-21-17)28-12-4-5-13(20)11(2)8-12/h3-9H,1-2H3,(H,21,22,23,24). The molecule has 0 aliphatic heterocycles. The summed E-state index contributed by atoms with van der Waals surface area (Å²) >= 11 is 7.40. The topological polar surface area (TPSA) is 103 Å². The first-order chi connectivity index (χ1) is 13.9. The third-order valence-electron chi connectivity index (χ3n) is 4.08. The van der Waals surface area contributed by atoms with E-state index in [1.807, 2.05) is 32.0 Å². The van der Waals surface area contributed by atoms with E-state index in [0.29, 0.717) is 15.9 Å². The average molecular weight is 428 g/mol. The van der Waals surface area contributed by atoms with Crippen LogP contribution in [0.4, 0.5) is 16.6 Å². The van der Waals surface area contributed by atoms with Gasteiger partial charge in [-0.3, -0.25) is 10.1 Å². The molecule has 8 nitrogen and oxygen atoms in total. The summed E-state index contributed by atoms with van der Waals surface area (Å²) in [7, 11) is 0. The average Bonchev–Trinajstić information content (AvgIpc) is 3.06. The monoisotopic (exact) mass is 427 g/mol. The summed E-state index contributed by atoms with van der Waals surface area (Å²) in [6.07, 6.45) is 1.20. The number of rotatable bonds is 5. The molecular formula is C19H14ClN5O3S. The predicted molar refractivity (Wildman–Crippen MR) is 113 cm³/mol. The Hall–Kier alpha value is -3.30. The van der Waals surface area contributed by atoms with Gasteiger partial charge in [-0.15, -0.1) is 0 Å². The predicted octanol–water partition coefficient (Wildman–Crippen LogP) is 5.80. The van der Waals surface area contributed by atoms with Crippen LogP contribution in [0, 0.1) is 24.0 Å². The molecule has 4 rings (SSSR count). The normalized spacial score (nSPS) is 10.9. The fourth-order valence-electron chi connectivity index (χ4n) is 2.67. The van der Waals surface area contributed by atoms with Crippen molar-refractivity contribution in [2.75, 3.05) is 5.32 Å². The van der Waals surface area contributed by atoms with Gasteiger partial charge in [0.15, 0.2) is 5.13 Å². The molecule has 0 aliphatic rings. The smallest absolute Gasteiger partial charge is 0.373 e. The third kappa shape index (κ3) is 3.96. The molecule has 0 saturated heterocycles. The Morgan fingerprint density at radius 2 is 2.00 bits per heavy atom. The van der Waals surface area contributed by atoms with E-state index in [-0.39, 0.29) is 17.4 Å². The molecule has 2 heterocycles. The molecule has 0 bridgehead atoms. The Morgan fingerprint density at radius 3 is 2.76 bits per heavy atom. The molecule has 0 unspecified atom stereocenters. The lowest BCUT2D eigenvalue weighted by atomic mass is 10.2. The van der Waals surface area contributed by atoms with Crippen LogP contribution in [-0.2, 0) is 0 Å². The number of halogens is 1. The molecule has 29 heavy (non-hydrogen) atoms. The van der Waals surface area contributed by atoms with Crippen LogP contribution in [0.15, 0.2) is 42.7 Å². The molecule has 0 atom stereocenters. The van der Waals surface area contributed by atoms with Crippen LogP contribution < -0.4 is 10.1 Å². The Bertz CT molecular complexity index is 1240. The lowest BCUT2D eigenvalue weighted by molar-refractivity contribution is -0.385. The molecule has 0 radical (unpaired) electrons. The Morgan fingerprint density at radius 1 is 1.17 bits per heavy atom. The van der Waals surface area contributed by atoms with Gasteiger partial charge in [-0.25, -0.2) is 9.97 Å². The number of anilines is 2. The number of nitro groups is 1. The molecule has 0 saturated carbocycles. The van der Waals surface area contributed by atoms with Gasteiger partial charge in [-0.1, -0.05) is 29.0 Å². The summed E-state index contributed by atoms with van der Waals surface area (Å²) in [6, 6.07) is 10.8. The van der Waals surface area contributed by atoms with E-state index < -0.39 is 4.92 Å². The summed E-state index contributed by atoms with van der Waals surface area (Å²) in [5, 5.41) is 15.7. The summed E-state index contributed by atoms with van der Waals surface area (Å²) in [5.74, 6) is 0.211. The summed E-state index contributed by atoms with van der Waals surface area (Å²) < 4.78 is 6.62. The highest BCUT2D eigenvalue weighted by atomic mass is 35.5. The van der Waals surface area contributed by atoms with Crippen molar-refractivity contribution in [3.8, 4) is 11.6 Å². The van der Waals surface area contributed by atoms with E-state index in [2.05, 4.69) is 20.3 Å². The number of thiazole rings is 1. The van der Waals surface area contributed by atoms with Gasteiger partial charge < -0.3 is 10.1 Å². The van der Waals surface area contributed by atoms with Crippen LogP contribution in [0.5, 0.6) is 11.6 Å². The van der Waals surface area contributed by atoms with Crippen LogP contribution in [-0.4, -0.2) is 19.9 Å². The van der Waals surface area contributed by atoms with Gasteiger partial charge in [0, 0.05) is 5.02 Å². The minimum absolute atomic E-state index is 0.00136. The fourth-order valence-corrected chi connectivity index (χ4v) is 3.75. The number of ether oxygens (including phenoxy) is 1. The minimum Gasteiger partial charge on any atom is -0.434 e. The first kappa shape index (κ1) is 19.0.